The Kier molecular flexibility index (Phi) is 3.85. The Morgan fingerprint density at radius 2 is 2.29 bits per heavy atom. The summed E-state index contributed by atoms with van der Waals surface area (Å²) < 4.78 is 0. The van der Waals surface area contributed by atoms with Gasteiger partial charge in [-0.3, -0.25) is 4.79 Å². The minimum Gasteiger partial charge on any atom is -0.346 e. The molecule has 0 spiro atoms. The number of rotatable bonds is 3. The van der Waals surface area contributed by atoms with E-state index in [4.69, 9.17) is 0 Å². The lowest BCUT2D eigenvalue weighted by Crippen LogP contribution is -2.34. The molecule has 1 aliphatic carbocycles. The van der Waals surface area contributed by atoms with Crippen molar-refractivity contribution in [3.63, 3.8) is 0 Å². The number of hydrogen-bond donors (Lipinski definition) is 1. The molecule has 1 aliphatic rings. The molecule has 0 saturated carbocycles. The predicted octanol–water partition coefficient (Wildman–Crippen LogP) is 2.10. The average molecular weight is 231 g/mol. The summed E-state index contributed by atoms with van der Waals surface area (Å²) in [6, 6.07) is 1.78. The van der Waals surface area contributed by atoms with Crippen molar-refractivity contribution >= 4 is 5.91 Å². The van der Waals surface area contributed by atoms with E-state index in [0.29, 0.717) is 5.56 Å². The minimum absolute atomic E-state index is 0.0844. The fourth-order valence-electron chi connectivity index (χ4n) is 2.05. The van der Waals surface area contributed by atoms with Gasteiger partial charge in [-0.25, -0.2) is 0 Å². The Morgan fingerprint density at radius 3 is 2.94 bits per heavy atom. The van der Waals surface area contributed by atoms with Crippen molar-refractivity contribution in [2.45, 2.75) is 38.6 Å². The minimum atomic E-state index is -0.0844. The number of nitrogens with zero attached hydrogens (tertiary/aromatic N) is 2. The molecule has 1 heterocycles. The van der Waals surface area contributed by atoms with Crippen molar-refractivity contribution in [1.29, 1.82) is 0 Å². The first kappa shape index (κ1) is 11.8. The summed E-state index contributed by atoms with van der Waals surface area (Å²) in [6.07, 6.45) is 9.97. The first-order valence-corrected chi connectivity index (χ1v) is 6.04. The van der Waals surface area contributed by atoms with Crippen LogP contribution < -0.4 is 5.32 Å². The van der Waals surface area contributed by atoms with E-state index in [1.807, 2.05) is 6.92 Å². The van der Waals surface area contributed by atoms with Gasteiger partial charge >= 0.3 is 0 Å². The summed E-state index contributed by atoms with van der Waals surface area (Å²) in [5, 5.41) is 10.3. The van der Waals surface area contributed by atoms with E-state index < -0.39 is 0 Å². The van der Waals surface area contributed by atoms with E-state index >= 15 is 0 Å². The SMILES string of the molecule is CC(NC(=O)c1ccnnc1)C1=CCCCC1. The molecule has 90 valence electrons. The van der Waals surface area contributed by atoms with Gasteiger partial charge in [0.25, 0.3) is 5.91 Å². The lowest BCUT2D eigenvalue weighted by atomic mass is 9.94. The molecule has 1 N–H and O–H groups in total. The zero-order chi connectivity index (χ0) is 12.1. The molecule has 17 heavy (non-hydrogen) atoms. The fourth-order valence-corrected chi connectivity index (χ4v) is 2.05. The molecule has 0 aromatic carbocycles. The van der Waals surface area contributed by atoms with Gasteiger partial charge in [0, 0.05) is 6.04 Å². The molecule has 1 unspecified atom stereocenters. The Morgan fingerprint density at radius 1 is 1.41 bits per heavy atom. The van der Waals surface area contributed by atoms with Crippen molar-refractivity contribution in [2.75, 3.05) is 0 Å². The van der Waals surface area contributed by atoms with E-state index in [9.17, 15) is 4.79 Å². The fraction of sp³-hybridized carbons (Fsp3) is 0.462. The highest BCUT2D eigenvalue weighted by Gasteiger charge is 2.14. The first-order chi connectivity index (χ1) is 8.27. The van der Waals surface area contributed by atoms with E-state index in [1.165, 1.54) is 30.8 Å². The maximum Gasteiger partial charge on any atom is 0.253 e. The van der Waals surface area contributed by atoms with Gasteiger partial charge in [-0.05, 0) is 38.7 Å². The van der Waals surface area contributed by atoms with E-state index in [0.717, 1.165) is 12.8 Å². The molecule has 1 amide bonds. The molecular formula is C13H17N3O. The molecule has 0 aliphatic heterocycles. The van der Waals surface area contributed by atoms with Crippen LogP contribution in [0, 0.1) is 0 Å². The van der Waals surface area contributed by atoms with Crippen LogP contribution in [-0.4, -0.2) is 22.1 Å². The molecule has 1 atom stereocenters. The third kappa shape index (κ3) is 3.12. The number of nitrogens with one attached hydrogen (secondary N) is 1. The summed E-state index contributed by atoms with van der Waals surface area (Å²) >= 11 is 0. The number of hydrogen-bond acceptors (Lipinski definition) is 3. The molecule has 0 bridgehead atoms. The number of amides is 1. The second kappa shape index (κ2) is 5.57. The standard InChI is InChI=1S/C13H17N3O/c1-10(11-5-3-2-4-6-11)16-13(17)12-7-8-14-15-9-12/h5,7-10H,2-4,6H2,1H3,(H,16,17). The zero-order valence-electron chi connectivity index (χ0n) is 10.0. The van der Waals surface area contributed by atoms with Crippen LogP contribution in [0.1, 0.15) is 43.0 Å². The van der Waals surface area contributed by atoms with Crippen LogP contribution >= 0.6 is 0 Å². The third-order valence-corrected chi connectivity index (χ3v) is 3.08. The van der Waals surface area contributed by atoms with Crippen molar-refractivity contribution in [3.8, 4) is 0 Å². The quantitative estimate of drug-likeness (QED) is 0.810. The molecule has 4 nitrogen and oxygen atoms in total. The maximum absolute atomic E-state index is 11.9. The van der Waals surface area contributed by atoms with Crippen LogP contribution in [0.3, 0.4) is 0 Å². The van der Waals surface area contributed by atoms with Crippen molar-refractivity contribution in [3.05, 3.63) is 35.7 Å². The summed E-state index contributed by atoms with van der Waals surface area (Å²) in [7, 11) is 0. The van der Waals surface area contributed by atoms with Gasteiger partial charge in [0.1, 0.15) is 0 Å². The summed E-state index contributed by atoms with van der Waals surface area (Å²) in [6.45, 7) is 2.03. The highest BCUT2D eigenvalue weighted by molar-refractivity contribution is 5.94. The Hall–Kier alpha value is -1.71. The summed E-state index contributed by atoms with van der Waals surface area (Å²) in [5.74, 6) is -0.0844. The molecule has 0 radical (unpaired) electrons. The maximum atomic E-state index is 11.9. The second-order valence-electron chi connectivity index (χ2n) is 4.35. The molecular weight excluding hydrogens is 214 g/mol. The van der Waals surface area contributed by atoms with Crippen LogP contribution in [-0.2, 0) is 0 Å². The van der Waals surface area contributed by atoms with E-state index in [-0.39, 0.29) is 11.9 Å². The van der Waals surface area contributed by atoms with Crippen LogP contribution in [0.5, 0.6) is 0 Å². The second-order valence-corrected chi connectivity index (χ2v) is 4.35. The monoisotopic (exact) mass is 231 g/mol. The van der Waals surface area contributed by atoms with Gasteiger partial charge < -0.3 is 5.32 Å². The van der Waals surface area contributed by atoms with Gasteiger partial charge in [0.05, 0.1) is 18.0 Å². The van der Waals surface area contributed by atoms with Gasteiger partial charge in [0.2, 0.25) is 0 Å². The highest BCUT2D eigenvalue weighted by atomic mass is 16.1. The Bertz CT molecular complexity index is 414. The number of allylic oxidation sites excluding steroid dienone is 1. The third-order valence-electron chi connectivity index (χ3n) is 3.08. The van der Waals surface area contributed by atoms with Crippen LogP contribution in [0.2, 0.25) is 0 Å². The van der Waals surface area contributed by atoms with Gasteiger partial charge in [-0.2, -0.15) is 10.2 Å². The molecule has 1 aromatic rings. The van der Waals surface area contributed by atoms with E-state index in [2.05, 4.69) is 21.6 Å². The van der Waals surface area contributed by atoms with Crippen molar-refractivity contribution < 1.29 is 4.79 Å². The van der Waals surface area contributed by atoms with Crippen LogP contribution in [0.4, 0.5) is 0 Å². The van der Waals surface area contributed by atoms with Gasteiger partial charge in [-0.1, -0.05) is 11.6 Å². The lowest BCUT2D eigenvalue weighted by molar-refractivity contribution is 0.0944. The summed E-state index contributed by atoms with van der Waals surface area (Å²) in [4.78, 5) is 11.9. The number of carbonyl (C=O) groups is 1. The van der Waals surface area contributed by atoms with Gasteiger partial charge in [0.15, 0.2) is 0 Å². The molecule has 2 rings (SSSR count). The highest BCUT2D eigenvalue weighted by Crippen LogP contribution is 2.20. The van der Waals surface area contributed by atoms with Crippen molar-refractivity contribution in [1.82, 2.24) is 15.5 Å². The topological polar surface area (TPSA) is 54.9 Å². The Labute approximate surface area is 101 Å². The van der Waals surface area contributed by atoms with Gasteiger partial charge in [-0.15, -0.1) is 0 Å². The van der Waals surface area contributed by atoms with E-state index in [1.54, 1.807) is 6.07 Å². The molecule has 4 heteroatoms. The molecule has 0 fully saturated rings. The molecule has 1 aromatic heterocycles. The molecule has 0 saturated heterocycles. The van der Waals surface area contributed by atoms with Crippen LogP contribution in [0.15, 0.2) is 30.1 Å². The predicted molar refractivity (Wildman–Crippen MR) is 65.5 cm³/mol. The Balaban J connectivity index is 1.97. The first-order valence-electron chi connectivity index (χ1n) is 6.04. The largest absolute Gasteiger partial charge is 0.346 e. The lowest BCUT2D eigenvalue weighted by Gasteiger charge is -2.20. The number of carbonyl (C=O) groups excluding carboxylic acids is 1. The summed E-state index contributed by atoms with van der Waals surface area (Å²) in [5.41, 5.74) is 1.90. The zero-order valence-corrected chi connectivity index (χ0v) is 10.0. The number of aromatic nitrogens is 2. The smallest absolute Gasteiger partial charge is 0.253 e. The normalized spacial score (nSPS) is 17.1. The van der Waals surface area contributed by atoms with Crippen LogP contribution in [0.25, 0.3) is 0 Å². The average Bonchev–Trinajstić information content (AvgIpc) is 2.40. The van der Waals surface area contributed by atoms with Crippen molar-refractivity contribution in [2.24, 2.45) is 0 Å².